The van der Waals surface area contributed by atoms with Gasteiger partial charge in [0.15, 0.2) is 0 Å². The summed E-state index contributed by atoms with van der Waals surface area (Å²) >= 11 is 3.14. The highest BCUT2D eigenvalue weighted by Crippen LogP contribution is 2.34. The second-order valence-corrected chi connectivity index (χ2v) is 6.07. The molecule has 0 unspecified atom stereocenters. The smallest absolute Gasteiger partial charge is 0.145 e. The predicted octanol–water partition coefficient (Wildman–Crippen LogP) is 4.48. The summed E-state index contributed by atoms with van der Waals surface area (Å²) in [5.74, 6) is -0.995. The first kappa shape index (κ1) is 21.8. The molecule has 1 N–H and O–H groups in total. The van der Waals surface area contributed by atoms with E-state index < -0.39 is 11.6 Å². The molecule has 0 radical (unpaired) electrons. The van der Waals surface area contributed by atoms with Crippen molar-refractivity contribution in [2.45, 2.75) is 19.4 Å². The second kappa shape index (κ2) is 9.83. The molecule has 0 aromatic heterocycles. The van der Waals surface area contributed by atoms with Gasteiger partial charge >= 0.3 is 0 Å². The second-order valence-electron chi connectivity index (χ2n) is 5.22. The SMILES string of the molecule is C=C(C)C[C@@H](c1c(F)ccc(Br)c1F)N1CCNCC1.Cl.Cl. The van der Waals surface area contributed by atoms with Crippen LogP contribution in [0.1, 0.15) is 24.9 Å². The first-order chi connectivity index (χ1) is 9.50. The van der Waals surface area contributed by atoms with E-state index in [0.717, 1.165) is 31.8 Å². The van der Waals surface area contributed by atoms with E-state index in [1.54, 1.807) is 0 Å². The van der Waals surface area contributed by atoms with Crippen molar-refractivity contribution < 1.29 is 8.78 Å². The van der Waals surface area contributed by atoms with Gasteiger partial charge < -0.3 is 5.32 Å². The van der Waals surface area contributed by atoms with Crippen molar-refractivity contribution in [1.29, 1.82) is 0 Å². The number of rotatable bonds is 4. The molecule has 0 bridgehead atoms. The van der Waals surface area contributed by atoms with Gasteiger partial charge in [0, 0.05) is 37.8 Å². The van der Waals surface area contributed by atoms with E-state index in [1.807, 2.05) is 6.92 Å². The van der Waals surface area contributed by atoms with E-state index in [4.69, 9.17) is 0 Å². The Kier molecular flexibility index (Phi) is 9.74. The Morgan fingerprint density at radius 1 is 1.32 bits per heavy atom. The largest absolute Gasteiger partial charge is 0.314 e. The van der Waals surface area contributed by atoms with Crippen LogP contribution in [0.25, 0.3) is 0 Å². The van der Waals surface area contributed by atoms with Crippen LogP contribution in [0.4, 0.5) is 8.78 Å². The van der Waals surface area contributed by atoms with Crippen LogP contribution in [0.3, 0.4) is 0 Å². The lowest BCUT2D eigenvalue weighted by Gasteiger charge is -2.35. The van der Waals surface area contributed by atoms with Crippen LogP contribution < -0.4 is 5.32 Å². The average molecular weight is 418 g/mol. The van der Waals surface area contributed by atoms with E-state index in [2.05, 4.69) is 32.7 Å². The van der Waals surface area contributed by atoms with Crippen molar-refractivity contribution in [2.24, 2.45) is 0 Å². The first-order valence-corrected chi connectivity index (χ1v) is 7.52. The molecule has 0 amide bonds. The fraction of sp³-hybridized carbons (Fsp3) is 0.467. The molecular formula is C15H21BrCl2F2N2. The monoisotopic (exact) mass is 416 g/mol. The molecule has 1 atom stereocenters. The fourth-order valence-corrected chi connectivity index (χ4v) is 2.93. The van der Waals surface area contributed by atoms with Crippen LogP contribution in [0.5, 0.6) is 0 Å². The van der Waals surface area contributed by atoms with Crippen molar-refractivity contribution in [3.8, 4) is 0 Å². The molecular weight excluding hydrogens is 397 g/mol. The number of hydrogen-bond donors (Lipinski definition) is 1. The molecule has 1 aliphatic heterocycles. The molecule has 7 heteroatoms. The summed E-state index contributed by atoms with van der Waals surface area (Å²) < 4.78 is 28.8. The minimum absolute atomic E-state index is 0. The average Bonchev–Trinajstić information content (AvgIpc) is 2.43. The Bertz CT molecular complexity index is 509. The molecule has 1 aliphatic rings. The van der Waals surface area contributed by atoms with Gasteiger partial charge in [-0.05, 0) is 41.4 Å². The minimum atomic E-state index is -0.505. The molecule has 1 saturated heterocycles. The Morgan fingerprint density at radius 2 is 1.91 bits per heavy atom. The molecule has 0 spiro atoms. The van der Waals surface area contributed by atoms with Gasteiger partial charge in [-0.25, -0.2) is 8.78 Å². The van der Waals surface area contributed by atoms with Crippen LogP contribution in [0.2, 0.25) is 0 Å². The molecule has 1 aromatic rings. The van der Waals surface area contributed by atoms with Gasteiger partial charge in [0.1, 0.15) is 11.6 Å². The molecule has 1 fully saturated rings. The Morgan fingerprint density at radius 3 is 2.45 bits per heavy atom. The van der Waals surface area contributed by atoms with E-state index in [-0.39, 0.29) is 36.4 Å². The normalized spacial score (nSPS) is 16.4. The van der Waals surface area contributed by atoms with Crippen molar-refractivity contribution in [3.05, 3.63) is 46.0 Å². The molecule has 0 saturated carbocycles. The molecule has 1 aromatic carbocycles. The fourth-order valence-electron chi connectivity index (χ4n) is 2.59. The Hall–Kier alpha value is -0.200. The van der Waals surface area contributed by atoms with E-state index >= 15 is 0 Å². The number of hydrogen-bond acceptors (Lipinski definition) is 2. The summed E-state index contributed by atoms with van der Waals surface area (Å²) in [5, 5.41) is 3.25. The van der Waals surface area contributed by atoms with E-state index in [9.17, 15) is 8.78 Å². The van der Waals surface area contributed by atoms with Crippen molar-refractivity contribution >= 4 is 40.7 Å². The van der Waals surface area contributed by atoms with Gasteiger partial charge in [-0.15, -0.1) is 31.4 Å². The maximum atomic E-state index is 14.4. The standard InChI is InChI=1S/C15H19BrF2N2.2ClH/c1-10(2)9-13(20-7-5-19-6-8-20)14-12(17)4-3-11(16)15(14)18;;/h3-4,13,19H,1,5-9H2,2H3;2*1H/t13-;;/m0../s1. The number of benzene rings is 1. The summed E-state index contributed by atoms with van der Waals surface area (Å²) in [7, 11) is 0. The van der Waals surface area contributed by atoms with E-state index in [0.29, 0.717) is 10.9 Å². The van der Waals surface area contributed by atoms with Gasteiger partial charge in [0.05, 0.1) is 4.47 Å². The van der Waals surface area contributed by atoms with Crippen LogP contribution in [-0.2, 0) is 0 Å². The quantitative estimate of drug-likeness (QED) is 0.573. The Balaban J connectivity index is 0.00000220. The van der Waals surface area contributed by atoms with Crippen molar-refractivity contribution in [3.63, 3.8) is 0 Å². The number of nitrogens with zero attached hydrogens (tertiary/aromatic N) is 1. The molecule has 0 aliphatic carbocycles. The highest BCUT2D eigenvalue weighted by Gasteiger charge is 2.28. The highest BCUT2D eigenvalue weighted by atomic mass is 79.9. The first-order valence-electron chi connectivity index (χ1n) is 6.73. The lowest BCUT2D eigenvalue weighted by atomic mass is 9.97. The maximum Gasteiger partial charge on any atom is 0.145 e. The molecule has 126 valence electrons. The highest BCUT2D eigenvalue weighted by molar-refractivity contribution is 9.10. The third-order valence-corrected chi connectivity index (χ3v) is 4.16. The number of piperazine rings is 1. The number of nitrogens with one attached hydrogen (secondary N) is 1. The van der Waals surface area contributed by atoms with Gasteiger partial charge in [0.25, 0.3) is 0 Å². The van der Waals surface area contributed by atoms with Gasteiger partial charge in [-0.1, -0.05) is 5.57 Å². The van der Waals surface area contributed by atoms with Crippen LogP contribution >= 0.6 is 40.7 Å². The predicted molar refractivity (Wildman–Crippen MR) is 95.2 cm³/mol. The van der Waals surface area contributed by atoms with Crippen molar-refractivity contribution in [2.75, 3.05) is 26.2 Å². The topological polar surface area (TPSA) is 15.3 Å². The molecule has 2 rings (SSSR count). The summed E-state index contributed by atoms with van der Waals surface area (Å²) in [6, 6.07) is 2.42. The molecule has 2 nitrogen and oxygen atoms in total. The van der Waals surface area contributed by atoms with Crippen LogP contribution in [0.15, 0.2) is 28.8 Å². The van der Waals surface area contributed by atoms with Gasteiger partial charge in [0.2, 0.25) is 0 Å². The lowest BCUT2D eigenvalue weighted by molar-refractivity contribution is 0.165. The Labute approximate surface area is 151 Å². The summed E-state index contributed by atoms with van der Waals surface area (Å²) in [4.78, 5) is 2.12. The summed E-state index contributed by atoms with van der Waals surface area (Å²) in [6.07, 6.45) is 0.560. The summed E-state index contributed by atoms with van der Waals surface area (Å²) in [6.45, 7) is 9.03. The maximum absolute atomic E-state index is 14.4. The van der Waals surface area contributed by atoms with Crippen LogP contribution in [0, 0.1) is 11.6 Å². The zero-order chi connectivity index (χ0) is 14.7. The molecule has 1 heterocycles. The zero-order valence-corrected chi connectivity index (χ0v) is 15.6. The zero-order valence-electron chi connectivity index (χ0n) is 12.4. The van der Waals surface area contributed by atoms with Crippen LogP contribution in [-0.4, -0.2) is 31.1 Å². The third-order valence-electron chi connectivity index (χ3n) is 3.55. The van der Waals surface area contributed by atoms with E-state index in [1.165, 1.54) is 12.1 Å². The third kappa shape index (κ3) is 5.17. The summed E-state index contributed by atoms with van der Waals surface area (Å²) in [5.41, 5.74) is 1.07. The van der Waals surface area contributed by atoms with Gasteiger partial charge in [-0.2, -0.15) is 0 Å². The molecule has 22 heavy (non-hydrogen) atoms. The minimum Gasteiger partial charge on any atom is -0.314 e. The van der Waals surface area contributed by atoms with Gasteiger partial charge in [-0.3, -0.25) is 4.90 Å². The number of halogens is 5. The lowest BCUT2D eigenvalue weighted by Crippen LogP contribution is -2.45. The van der Waals surface area contributed by atoms with Crippen molar-refractivity contribution in [1.82, 2.24) is 10.2 Å².